The number of benzene rings is 1. The molecule has 0 atom stereocenters. The van der Waals surface area contributed by atoms with Gasteiger partial charge in [-0.15, -0.1) is 0 Å². The average molecular weight is 262 g/mol. The van der Waals surface area contributed by atoms with Gasteiger partial charge in [0.25, 0.3) is 0 Å². The van der Waals surface area contributed by atoms with Crippen molar-refractivity contribution in [3.8, 4) is 11.8 Å². The maximum atomic E-state index is 8.46. The molecule has 0 fully saturated rings. The Morgan fingerprint density at radius 2 is 2.21 bits per heavy atom. The van der Waals surface area contributed by atoms with E-state index in [1.165, 1.54) is 0 Å². The first-order chi connectivity index (χ1) is 9.36. The molecule has 0 aromatic heterocycles. The van der Waals surface area contributed by atoms with Crippen LogP contribution in [0.3, 0.4) is 0 Å². The number of hydrogen-bond acceptors (Lipinski definition) is 4. The van der Waals surface area contributed by atoms with Gasteiger partial charge in [-0.1, -0.05) is 19.1 Å². The standard InChI is InChI=1S/C15H22N2O2/c1-2-9-18-10-4-8-17-13-14-5-3-6-15(12-14)19-11-7-16/h3,5-6,12,17H,2,4,8-11,13H2,1H3. The van der Waals surface area contributed by atoms with Crippen molar-refractivity contribution in [3.63, 3.8) is 0 Å². The molecular formula is C15H22N2O2. The number of hydrogen-bond donors (Lipinski definition) is 1. The number of nitrogens with zero attached hydrogens (tertiary/aromatic N) is 1. The molecular weight excluding hydrogens is 240 g/mol. The monoisotopic (exact) mass is 262 g/mol. The smallest absolute Gasteiger partial charge is 0.174 e. The molecule has 0 radical (unpaired) electrons. The Morgan fingerprint density at radius 1 is 1.32 bits per heavy atom. The van der Waals surface area contributed by atoms with Crippen molar-refractivity contribution in [3.05, 3.63) is 29.8 Å². The van der Waals surface area contributed by atoms with Gasteiger partial charge in [0.05, 0.1) is 0 Å². The number of nitrogens with one attached hydrogen (secondary N) is 1. The lowest BCUT2D eigenvalue weighted by Crippen LogP contribution is -2.16. The maximum absolute atomic E-state index is 8.46. The maximum Gasteiger partial charge on any atom is 0.174 e. The van der Waals surface area contributed by atoms with Gasteiger partial charge >= 0.3 is 0 Å². The predicted molar refractivity (Wildman–Crippen MR) is 75.0 cm³/mol. The van der Waals surface area contributed by atoms with Crippen LogP contribution in [0.4, 0.5) is 0 Å². The molecule has 0 heterocycles. The van der Waals surface area contributed by atoms with E-state index in [4.69, 9.17) is 14.7 Å². The Bertz CT molecular complexity index is 388. The van der Waals surface area contributed by atoms with Gasteiger partial charge in [0.15, 0.2) is 6.61 Å². The van der Waals surface area contributed by atoms with E-state index in [9.17, 15) is 0 Å². The molecule has 0 saturated carbocycles. The Kier molecular flexibility index (Phi) is 8.45. The first-order valence-corrected chi connectivity index (χ1v) is 6.74. The normalized spacial score (nSPS) is 10.1. The molecule has 4 nitrogen and oxygen atoms in total. The van der Waals surface area contributed by atoms with Gasteiger partial charge in [0.1, 0.15) is 11.8 Å². The third-order valence-electron chi connectivity index (χ3n) is 2.52. The van der Waals surface area contributed by atoms with Crippen molar-refractivity contribution >= 4 is 0 Å². The van der Waals surface area contributed by atoms with Crippen LogP contribution in [0.25, 0.3) is 0 Å². The summed E-state index contributed by atoms with van der Waals surface area (Å²) in [7, 11) is 0. The molecule has 1 N–H and O–H groups in total. The molecule has 4 heteroatoms. The van der Waals surface area contributed by atoms with Crippen LogP contribution in [0.2, 0.25) is 0 Å². The zero-order valence-corrected chi connectivity index (χ0v) is 11.5. The third kappa shape index (κ3) is 7.45. The number of rotatable bonds is 10. The molecule has 0 spiro atoms. The Hall–Kier alpha value is -1.57. The van der Waals surface area contributed by atoms with Crippen LogP contribution in [0, 0.1) is 11.3 Å². The zero-order valence-electron chi connectivity index (χ0n) is 11.5. The van der Waals surface area contributed by atoms with Gasteiger partial charge in [-0.05, 0) is 37.1 Å². The fourth-order valence-corrected chi connectivity index (χ4v) is 1.64. The highest BCUT2D eigenvalue weighted by molar-refractivity contribution is 5.28. The van der Waals surface area contributed by atoms with E-state index in [0.29, 0.717) is 0 Å². The summed E-state index contributed by atoms with van der Waals surface area (Å²) >= 11 is 0. The van der Waals surface area contributed by atoms with E-state index < -0.39 is 0 Å². The Labute approximate surface area is 115 Å². The van der Waals surface area contributed by atoms with E-state index in [2.05, 4.69) is 12.2 Å². The van der Waals surface area contributed by atoms with Crippen molar-refractivity contribution < 1.29 is 9.47 Å². The fourth-order valence-electron chi connectivity index (χ4n) is 1.64. The highest BCUT2D eigenvalue weighted by Crippen LogP contribution is 2.12. The molecule has 19 heavy (non-hydrogen) atoms. The van der Waals surface area contributed by atoms with Crippen LogP contribution < -0.4 is 10.1 Å². The highest BCUT2D eigenvalue weighted by Gasteiger charge is 1.97. The third-order valence-corrected chi connectivity index (χ3v) is 2.52. The Morgan fingerprint density at radius 3 is 3.00 bits per heavy atom. The lowest BCUT2D eigenvalue weighted by molar-refractivity contribution is 0.132. The van der Waals surface area contributed by atoms with Crippen LogP contribution >= 0.6 is 0 Å². The van der Waals surface area contributed by atoms with Gasteiger partial charge in [-0.2, -0.15) is 5.26 Å². The van der Waals surface area contributed by atoms with Gasteiger partial charge in [0, 0.05) is 19.8 Å². The SMILES string of the molecule is CCCOCCCNCc1cccc(OCC#N)c1. The van der Waals surface area contributed by atoms with Crippen LogP contribution in [-0.4, -0.2) is 26.4 Å². The van der Waals surface area contributed by atoms with E-state index in [1.54, 1.807) is 0 Å². The molecule has 1 aromatic rings. The molecule has 0 aliphatic heterocycles. The van der Waals surface area contributed by atoms with Crippen LogP contribution in [0.15, 0.2) is 24.3 Å². The summed E-state index contributed by atoms with van der Waals surface area (Å²) in [6, 6.07) is 9.76. The summed E-state index contributed by atoms with van der Waals surface area (Å²) in [5.41, 5.74) is 1.16. The number of nitriles is 1. The zero-order chi connectivity index (χ0) is 13.8. The van der Waals surface area contributed by atoms with Crippen molar-refractivity contribution in [1.82, 2.24) is 5.32 Å². The molecule has 1 aromatic carbocycles. The second-order valence-corrected chi connectivity index (χ2v) is 4.24. The lowest BCUT2D eigenvalue weighted by atomic mass is 10.2. The summed E-state index contributed by atoms with van der Waals surface area (Å²) in [5.74, 6) is 0.743. The van der Waals surface area contributed by atoms with Crippen LogP contribution in [0.1, 0.15) is 25.3 Å². The quantitative estimate of drug-likeness (QED) is 0.658. The second-order valence-electron chi connectivity index (χ2n) is 4.24. The first kappa shape index (κ1) is 15.5. The van der Waals surface area contributed by atoms with Gasteiger partial charge in [-0.3, -0.25) is 0 Å². The van der Waals surface area contributed by atoms with E-state index in [0.717, 1.165) is 50.5 Å². The molecule has 0 unspecified atom stereocenters. The average Bonchev–Trinajstić information content (AvgIpc) is 2.44. The first-order valence-electron chi connectivity index (χ1n) is 6.74. The summed E-state index contributed by atoms with van der Waals surface area (Å²) in [6.07, 6.45) is 2.09. The summed E-state index contributed by atoms with van der Waals surface area (Å²) in [5, 5.41) is 11.8. The molecule has 104 valence electrons. The second kappa shape index (κ2) is 10.4. The summed E-state index contributed by atoms with van der Waals surface area (Å²) < 4.78 is 10.7. The van der Waals surface area contributed by atoms with Crippen molar-refractivity contribution in [1.29, 1.82) is 5.26 Å². The molecule has 0 saturated heterocycles. The molecule has 0 aliphatic carbocycles. The lowest BCUT2D eigenvalue weighted by Gasteiger charge is -2.07. The molecule has 1 rings (SSSR count). The van der Waals surface area contributed by atoms with Crippen molar-refractivity contribution in [2.45, 2.75) is 26.3 Å². The summed E-state index contributed by atoms with van der Waals surface area (Å²) in [6.45, 7) is 5.60. The predicted octanol–water partition coefficient (Wildman–Crippen LogP) is 2.50. The van der Waals surface area contributed by atoms with E-state index in [-0.39, 0.29) is 6.61 Å². The van der Waals surface area contributed by atoms with Crippen molar-refractivity contribution in [2.24, 2.45) is 0 Å². The molecule has 0 bridgehead atoms. The van der Waals surface area contributed by atoms with Crippen LogP contribution in [-0.2, 0) is 11.3 Å². The minimum Gasteiger partial charge on any atom is -0.479 e. The van der Waals surface area contributed by atoms with Gasteiger partial charge in [0.2, 0.25) is 0 Å². The summed E-state index contributed by atoms with van der Waals surface area (Å²) in [4.78, 5) is 0. The van der Waals surface area contributed by atoms with Gasteiger partial charge < -0.3 is 14.8 Å². The van der Waals surface area contributed by atoms with Crippen molar-refractivity contribution in [2.75, 3.05) is 26.4 Å². The van der Waals surface area contributed by atoms with E-state index in [1.807, 2.05) is 30.3 Å². The Balaban J connectivity index is 2.16. The molecule has 0 aliphatic rings. The topological polar surface area (TPSA) is 54.3 Å². The van der Waals surface area contributed by atoms with E-state index >= 15 is 0 Å². The minimum atomic E-state index is 0.0889. The number of ether oxygens (including phenoxy) is 2. The highest BCUT2D eigenvalue weighted by atomic mass is 16.5. The van der Waals surface area contributed by atoms with Crippen LogP contribution in [0.5, 0.6) is 5.75 Å². The fraction of sp³-hybridized carbons (Fsp3) is 0.533. The minimum absolute atomic E-state index is 0.0889. The molecule has 0 amide bonds. The van der Waals surface area contributed by atoms with Gasteiger partial charge in [-0.25, -0.2) is 0 Å². The largest absolute Gasteiger partial charge is 0.479 e.